The number of aromatic nitrogens is 2. The number of thioether (sulfide) groups is 1. The number of rotatable bonds is 7. The second kappa shape index (κ2) is 8.25. The van der Waals surface area contributed by atoms with Crippen LogP contribution in [0.2, 0.25) is 5.02 Å². The Hall–Kier alpha value is -1.46. The van der Waals surface area contributed by atoms with Crippen molar-refractivity contribution in [3.05, 3.63) is 41.7 Å². The van der Waals surface area contributed by atoms with Crippen LogP contribution in [-0.2, 0) is 4.79 Å². The van der Waals surface area contributed by atoms with Crippen molar-refractivity contribution in [2.75, 3.05) is 5.75 Å². The molecule has 0 aliphatic carbocycles. The molecule has 6 heteroatoms. The van der Waals surface area contributed by atoms with Crippen molar-refractivity contribution in [3.8, 4) is 5.69 Å². The molecule has 2 rings (SSSR count). The van der Waals surface area contributed by atoms with Gasteiger partial charge in [-0.1, -0.05) is 43.3 Å². The van der Waals surface area contributed by atoms with Crippen molar-refractivity contribution in [1.82, 2.24) is 14.9 Å². The Morgan fingerprint density at radius 3 is 2.86 bits per heavy atom. The molecular weight excluding hydrogens is 318 g/mol. The molecule has 1 aromatic carbocycles. The maximum absolute atomic E-state index is 12.0. The molecule has 1 aromatic heterocycles. The third-order valence-corrected chi connectivity index (χ3v) is 4.58. The first-order chi connectivity index (χ1) is 10.6. The molecule has 1 amide bonds. The molecule has 118 valence electrons. The summed E-state index contributed by atoms with van der Waals surface area (Å²) in [6.07, 6.45) is 5.49. The van der Waals surface area contributed by atoms with Crippen molar-refractivity contribution in [2.24, 2.45) is 0 Å². The van der Waals surface area contributed by atoms with Crippen LogP contribution in [0.15, 0.2) is 41.8 Å². The summed E-state index contributed by atoms with van der Waals surface area (Å²) in [5, 5.41) is 4.48. The van der Waals surface area contributed by atoms with Crippen LogP contribution in [-0.4, -0.2) is 27.3 Å². The largest absolute Gasteiger partial charge is 0.353 e. The lowest BCUT2D eigenvalue weighted by atomic mass is 10.2. The molecule has 0 bridgehead atoms. The zero-order valence-electron chi connectivity index (χ0n) is 12.8. The molecule has 0 saturated carbocycles. The Morgan fingerprint density at radius 2 is 2.18 bits per heavy atom. The van der Waals surface area contributed by atoms with Gasteiger partial charge in [0.1, 0.15) is 0 Å². The average Bonchev–Trinajstić information content (AvgIpc) is 2.99. The monoisotopic (exact) mass is 337 g/mol. The van der Waals surface area contributed by atoms with Gasteiger partial charge in [0.2, 0.25) is 5.91 Å². The number of nitrogens with one attached hydrogen (secondary N) is 1. The number of carbonyl (C=O) groups is 1. The van der Waals surface area contributed by atoms with Crippen molar-refractivity contribution >= 4 is 29.3 Å². The molecular formula is C16H20ClN3OS. The van der Waals surface area contributed by atoms with E-state index in [2.05, 4.69) is 24.1 Å². The number of imidazole rings is 1. The maximum Gasteiger partial charge on any atom is 0.230 e. The number of nitrogens with zero attached hydrogens (tertiary/aromatic N) is 2. The third kappa shape index (κ3) is 4.52. The predicted molar refractivity (Wildman–Crippen MR) is 91.8 cm³/mol. The molecule has 4 nitrogen and oxygen atoms in total. The highest BCUT2D eigenvalue weighted by molar-refractivity contribution is 7.99. The Bertz CT molecular complexity index is 625. The molecule has 1 heterocycles. The van der Waals surface area contributed by atoms with Gasteiger partial charge in [0, 0.05) is 29.1 Å². The van der Waals surface area contributed by atoms with E-state index in [0.717, 1.165) is 23.7 Å². The quantitative estimate of drug-likeness (QED) is 0.779. The van der Waals surface area contributed by atoms with Crippen LogP contribution < -0.4 is 5.32 Å². The molecule has 2 aromatic rings. The molecule has 0 unspecified atom stereocenters. The first-order valence-electron chi connectivity index (χ1n) is 7.35. The topological polar surface area (TPSA) is 46.9 Å². The molecule has 0 saturated heterocycles. The highest BCUT2D eigenvalue weighted by Crippen LogP contribution is 2.22. The van der Waals surface area contributed by atoms with Crippen LogP contribution in [0.1, 0.15) is 26.7 Å². The molecule has 0 spiro atoms. The highest BCUT2D eigenvalue weighted by Gasteiger charge is 2.11. The van der Waals surface area contributed by atoms with E-state index < -0.39 is 0 Å². The fourth-order valence-corrected chi connectivity index (χ4v) is 3.08. The van der Waals surface area contributed by atoms with Crippen LogP contribution in [0, 0.1) is 0 Å². The van der Waals surface area contributed by atoms with Crippen LogP contribution in [0.5, 0.6) is 0 Å². The van der Waals surface area contributed by atoms with E-state index in [1.807, 2.05) is 35.0 Å². The van der Waals surface area contributed by atoms with Gasteiger partial charge in [-0.3, -0.25) is 9.36 Å². The van der Waals surface area contributed by atoms with Crippen LogP contribution in [0.3, 0.4) is 0 Å². The SMILES string of the molecule is CCC(CC)NC(=O)CSc1nccn1-c1cccc(Cl)c1. The van der Waals surface area contributed by atoms with Gasteiger partial charge < -0.3 is 5.32 Å². The second-order valence-electron chi connectivity index (χ2n) is 4.93. The molecule has 22 heavy (non-hydrogen) atoms. The van der Waals surface area contributed by atoms with Gasteiger partial charge in [-0.15, -0.1) is 0 Å². The van der Waals surface area contributed by atoms with E-state index in [0.29, 0.717) is 10.8 Å². The Labute approximate surface area is 140 Å². The Kier molecular flexibility index (Phi) is 6.34. The minimum Gasteiger partial charge on any atom is -0.353 e. The normalized spacial score (nSPS) is 10.9. The lowest BCUT2D eigenvalue weighted by Gasteiger charge is -2.14. The summed E-state index contributed by atoms with van der Waals surface area (Å²) in [6, 6.07) is 7.81. The number of halogens is 1. The molecule has 0 aliphatic rings. The van der Waals surface area contributed by atoms with E-state index >= 15 is 0 Å². The Balaban J connectivity index is 2.00. The number of hydrogen-bond acceptors (Lipinski definition) is 3. The number of amides is 1. The molecule has 1 N–H and O–H groups in total. The predicted octanol–water partition coefficient (Wildman–Crippen LogP) is 3.92. The smallest absolute Gasteiger partial charge is 0.230 e. The van der Waals surface area contributed by atoms with E-state index in [1.165, 1.54) is 11.8 Å². The van der Waals surface area contributed by atoms with Gasteiger partial charge in [-0.05, 0) is 31.0 Å². The first kappa shape index (κ1) is 16.9. The maximum atomic E-state index is 12.0. The van der Waals surface area contributed by atoms with E-state index in [-0.39, 0.29) is 11.9 Å². The molecule has 0 fully saturated rings. The van der Waals surface area contributed by atoms with Gasteiger partial charge in [-0.2, -0.15) is 0 Å². The molecule has 0 aliphatic heterocycles. The average molecular weight is 338 g/mol. The number of benzene rings is 1. The van der Waals surface area contributed by atoms with Crippen LogP contribution in [0.25, 0.3) is 5.69 Å². The summed E-state index contributed by atoms with van der Waals surface area (Å²) in [4.78, 5) is 16.3. The fourth-order valence-electron chi connectivity index (χ4n) is 2.11. The zero-order chi connectivity index (χ0) is 15.9. The summed E-state index contributed by atoms with van der Waals surface area (Å²) in [7, 11) is 0. The first-order valence-corrected chi connectivity index (χ1v) is 8.71. The Morgan fingerprint density at radius 1 is 1.41 bits per heavy atom. The summed E-state index contributed by atoms with van der Waals surface area (Å²) in [5.74, 6) is 0.396. The van der Waals surface area contributed by atoms with E-state index in [1.54, 1.807) is 6.20 Å². The van der Waals surface area contributed by atoms with Gasteiger partial charge in [-0.25, -0.2) is 4.98 Å². The summed E-state index contributed by atoms with van der Waals surface area (Å²) in [5.41, 5.74) is 0.938. The highest BCUT2D eigenvalue weighted by atomic mass is 35.5. The number of hydrogen-bond donors (Lipinski definition) is 1. The third-order valence-electron chi connectivity index (χ3n) is 3.38. The second-order valence-corrected chi connectivity index (χ2v) is 6.31. The van der Waals surface area contributed by atoms with Gasteiger partial charge >= 0.3 is 0 Å². The molecule has 0 radical (unpaired) electrons. The standard InChI is InChI=1S/C16H20ClN3OS/c1-3-13(4-2)19-15(21)11-22-16-18-8-9-20(16)14-7-5-6-12(17)10-14/h5-10,13H,3-4,11H2,1-2H3,(H,19,21). The van der Waals surface area contributed by atoms with E-state index in [4.69, 9.17) is 11.6 Å². The van der Waals surface area contributed by atoms with Crippen molar-refractivity contribution < 1.29 is 4.79 Å². The van der Waals surface area contributed by atoms with Crippen LogP contribution >= 0.6 is 23.4 Å². The van der Waals surface area contributed by atoms with Crippen molar-refractivity contribution in [2.45, 2.75) is 37.9 Å². The van der Waals surface area contributed by atoms with E-state index in [9.17, 15) is 4.79 Å². The lowest BCUT2D eigenvalue weighted by molar-refractivity contribution is -0.119. The van der Waals surface area contributed by atoms with Crippen LogP contribution in [0.4, 0.5) is 0 Å². The summed E-state index contributed by atoms with van der Waals surface area (Å²) >= 11 is 7.45. The van der Waals surface area contributed by atoms with Gasteiger partial charge in [0.15, 0.2) is 5.16 Å². The minimum absolute atomic E-state index is 0.0411. The van der Waals surface area contributed by atoms with Crippen molar-refractivity contribution in [1.29, 1.82) is 0 Å². The number of carbonyl (C=O) groups excluding carboxylic acids is 1. The lowest BCUT2D eigenvalue weighted by Crippen LogP contribution is -2.35. The minimum atomic E-state index is 0.0411. The summed E-state index contributed by atoms with van der Waals surface area (Å²) in [6.45, 7) is 4.15. The van der Waals surface area contributed by atoms with Gasteiger partial charge in [0.05, 0.1) is 5.75 Å². The fraction of sp³-hybridized carbons (Fsp3) is 0.375. The van der Waals surface area contributed by atoms with Crippen molar-refractivity contribution in [3.63, 3.8) is 0 Å². The zero-order valence-corrected chi connectivity index (χ0v) is 14.3. The molecule has 0 atom stereocenters. The van der Waals surface area contributed by atoms with Gasteiger partial charge in [0.25, 0.3) is 0 Å². The summed E-state index contributed by atoms with van der Waals surface area (Å²) < 4.78 is 1.93.